The van der Waals surface area contributed by atoms with Crippen LogP contribution < -0.4 is 0 Å². The van der Waals surface area contributed by atoms with E-state index in [1.54, 1.807) is 0 Å². The van der Waals surface area contributed by atoms with Gasteiger partial charge in [-0.05, 0) is 109 Å². The van der Waals surface area contributed by atoms with Gasteiger partial charge in [-0.3, -0.25) is 14.4 Å². The van der Waals surface area contributed by atoms with E-state index in [0.717, 1.165) is 103 Å². The summed E-state index contributed by atoms with van der Waals surface area (Å²) in [7, 11) is 0. The zero-order valence-corrected chi connectivity index (χ0v) is 47.0. The molecule has 0 aliphatic heterocycles. The Hall–Kier alpha value is -3.15. The molecule has 0 spiro atoms. The number of allylic oxidation sites excluding steroid dienone is 12. The molecular formula is C65H114O6. The second-order valence-electron chi connectivity index (χ2n) is 20.2. The third kappa shape index (κ3) is 57.6. The van der Waals surface area contributed by atoms with E-state index in [1.165, 1.54) is 161 Å². The number of unbranched alkanes of at least 4 members (excludes halogenated alkanes) is 32. The second-order valence-corrected chi connectivity index (χ2v) is 20.2. The van der Waals surface area contributed by atoms with Gasteiger partial charge in [0, 0.05) is 19.3 Å². The Kier molecular flexibility index (Phi) is 56.8. The number of hydrogen-bond acceptors (Lipinski definition) is 6. The molecule has 71 heavy (non-hydrogen) atoms. The Morgan fingerprint density at radius 1 is 0.296 bits per heavy atom. The first-order chi connectivity index (χ1) is 35.0. The summed E-state index contributed by atoms with van der Waals surface area (Å²) in [6, 6.07) is 0. The van der Waals surface area contributed by atoms with Crippen LogP contribution in [0.25, 0.3) is 0 Å². The summed E-state index contributed by atoms with van der Waals surface area (Å²) in [5.74, 6) is -0.898. The predicted octanol–water partition coefficient (Wildman–Crippen LogP) is 20.5. The minimum Gasteiger partial charge on any atom is -0.462 e. The molecule has 1 unspecified atom stereocenters. The lowest BCUT2D eigenvalue weighted by atomic mass is 10.1. The van der Waals surface area contributed by atoms with Crippen LogP contribution in [0.3, 0.4) is 0 Å². The molecular weight excluding hydrogens is 877 g/mol. The molecule has 0 N–H and O–H groups in total. The monoisotopic (exact) mass is 991 g/mol. The zero-order chi connectivity index (χ0) is 51.4. The Labute approximate surface area is 440 Å². The standard InChI is InChI=1S/C65H114O6/c1-4-7-10-13-16-19-22-25-27-29-31-32-34-35-37-40-43-46-49-52-55-58-64(67)70-61-62(60-69-63(66)57-54-51-48-45-42-39-24-21-18-15-12-9-6-3)71-65(68)59-56-53-50-47-44-41-38-36-33-30-28-26-23-20-17-14-11-8-5-2/h8,11,17,20-21,24,26,28-29,31,33,36,62H,4-7,9-10,12-16,18-19,22-23,25,27,30,32,34-35,37-61H2,1-3H3/b11-8-,20-17-,24-21-,28-26-,31-29-,36-33-. The SMILES string of the molecule is CC/C=C\C/C=C\C/C=C\C/C=C\CCCCCCCCC(=O)OC(COC(=O)CCCCCCC/C=C\CCCCCC)COC(=O)CCCCCCCCCCC/C=C\CCCCCCCCCC. The van der Waals surface area contributed by atoms with Gasteiger partial charge in [-0.1, -0.05) is 248 Å². The molecule has 0 radical (unpaired) electrons. The van der Waals surface area contributed by atoms with Crippen LogP contribution in [0.15, 0.2) is 72.9 Å². The van der Waals surface area contributed by atoms with Gasteiger partial charge in [-0.2, -0.15) is 0 Å². The summed E-state index contributed by atoms with van der Waals surface area (Å²) in [4.78, 5) is 38.2. The van der Waals surface area contributed by atoms with Crippen molar-refractivity contribution in [2.75, 3.05) is 13.2 Å². The summed E-state index contributed by atoms with van der Waals surface area (Å²) >= 11 is 0. The van der Waals surface area contributed by atoms with E-state index in [-0.39, 0.29) is 31.1 Å². The van der Waals surface area contributed by atoms with E-state index in [9.17, 15) is 14.4 Å². The van der Waals surface area contributed by atoms with Crippen LogP contribution in [0.5, 0.6) is 0 Å². The third-order valence-corrected chi connectivity index (χ3v) is 13.2. The van der Waals surface area contributed by atoms with Gasteiger partial charge >= 0.3 is 17.9 Å². The van der Waals surface area contributed by atoms with E-state index in [4.69, 9.17) is 14.2 Å². The molecule has 6 heteroatoms. The Morgan fingerprint density at radius 2 is 0.549 bits per heavy atom. The Morgan fingerprint density at radius 3 is 0.887 bits per heavy atom. The molecule has 0 saturated heterocycles. The number of hydrogen-bond donors (Lipinski definition) is 0. The van der Waals surface area contributed by atoms with E-state index < -0.39 is 6.10 Å². The second kappa shape index (κ2) is 59.4. The van der Waals surface area contributed by atoms with Crippen molar-refractivity contribution >= 4 is 17.9 Å². The van der Waals surface area contributed by atoms with Crippen LogP contribution in [-0.4, -0.2) is 37.2 Å². The largest absolute Gasteiger partial charge is 0.462 e. The van der Waals surface area contributed by atoms with Crippen LogP contribution in [0.1, 0.15) is 303 Å². The molecule has 0 amide bonds. The fourth-order valence-corrected chi connectivity index (χ4v) is 8.60. The Bertz CT molecular complexity index is 1320. The summed E-state index contributed by atoms with van der Waals surface area (Å²) in [6.45, 7) is 6.52. The van der Waals surface area contributed by atoms with E-state index in [1.807, 2.05) is 0 Å². The molecule has 0 aliphatic carbocycles. The third-order valence-electron chi connectivity index (χ3n) is 13.2. The van der Waals surface area contributed by atoms with Gasteiger partial charge in [0.1, 0.15) is 13.2 Å². The molecule has 6 nitrogen and oxygen atoms in total. The average Bonchev–Trinajstić information content (AvgIpc) is 3.37. The lowest BCUT2D eigenvalue weighted by Gasteiger charge is -2.18. The van der Waals surface area contributed by atoms with Crippen LogP contribution in [0.4, 0.5) is 0 Å². The van der Waals surface area contributed by atoms with Crippen molar-refractivity contribution < 1.29 is 28.6 Å². The molecule has 0 saturated carbocycles. The van der Waals surface area contributed by atoms with Crippen LogP contribution >= 0.6 is 0 Å². The fraction of sp³-hybridized carbons (Fsp3) is 0.769. The maximum atomic E-state index is 12.9. The molecule has 0 aliphatic rings. The maximum absolute atomic E-state index is 12.9. The molecule has 1 atom stereocenters. The lowest BCUT2D eigenvalue weighted by molar-refractivity contribution is -0.167. The number of ether oxygens (including phenoxy) is 3. The number of carbonyl (C=O) groups excluding carboxylic acids is 3. The summed E-state index contributed by atoms with van der Waals surface area (Å²) < 4.78 is 16.9. The molecule has 0 aromatic rings. The highest BCUT2D eigenvalue weighted by molar-refractivity contribution is 5.71. The van der Waals surface area contributed by atoms with E-state index in [2.05, 4.69) is 93.7 Å². The van der Waals surface area contributed by atoms with Crippen LogP contribution in [0.2, 0.25) is 0 Å². The van der Waals surface area contributed by atoms with Gasteiger partial charge in [0.2, 0.25) is 0 Å². The van der Waals surface area contributed by atoms with Crippen molar-refractivity contribution in [2.45, 2.75) is 309 Å². The van der Waals surface area contributed by atoms with Gasteiger partial charge in [0.05, 0.1) is 0 Å². The van der Waals surface area contributed by atoms with Crippen molar-refractivity contribution in [2.24, 2.45) is 0 Å². The number of carbonyl (C=O) groups is 3. The first kappa shape index (κ1) is 67.8. The quantitative estimate of drug-likeness (QED) is 0.0261. The Balaban J connectivity index is 4.36. The van der Waals surface area contributed by atoms with Crippen LogP contribution in [0, 0.1) is 0 Å². The molecule has 0 bridgehead atoms. The topological polar surface area (TPSA) is 78.9 Å². The van der Waals surface area contributed by atoms with Gasteiger partial charge in [-0.25, -0.2) is 0 Å². The van der Waals surface area contributed by atoms with Crippen molar-refractivity contribution in [1.82, 2.24) is 0 Å². The van der Waals surface area contributed by atoms with E-state index in [0.29, 0.717) is 19.3 Å². The molecule has 0 rings (SSSR count). The lowest BCUT2D eigenvalue weighted by Crippen LogP contribution is -2.30. The molecule has 410 valence electrons. The highest BCUT2D eigenvalue weighted by atomic mass is 16.6. The zero-order valence-electron chi connectivity index (χ0n) is 47.0. The first-order valence-electron chi connectivity index (χ1n) is 30.4. The van der Waals surface area contributed by atoms with Crippen molar-refractivity contribution in [3.8, 4) is 0 Å². The molecule has 0 fully saturated rings. The number of esters is 3. The summed E-state index contributed by atoms with van der Waals surface area (Å²) in [6.07, 6.45) is 76.1. The smallest absolute Gasteiger partial charge is 0.306 e. The van der Waals surface area contributed by atoms with Gasteiger partial charge in [0.25, 0.3) is 0 Å². The molecule has 0 aromatic heterocycles. The highest BCUT2D eigenvalue weighted by Gasteiger charge is 2.19. The summed E-state index contributed by atoms with van der Waals surface area (Å²) in [5, 5.41) is 0. The minimum atomic E-state index is -0.788. The maximum Gasteiger partial charge on any atom is 0.306 e. The normalized spacial score (nSPS) is 12.5. The van der Waals surface area contributed by atoms with Gasteiger partial charge in [-0.15, -0.1) is 0 Å². The molecule has 0 heterocycles. The minimum absolute atomic E-state index is 0.0840. The fourth-order valence-electron chi connectivity index (χ4n) is 8.60. The summed E-state index contributed by atoms with van der Waals surface area (Å²) in [5.41, 5.74) is 0. The van der Waals surface area contributed by atoms with Crippen molar-refractivity contribution in [1.29, 1.82) is 0 Å². The predicted molar refractivity (Wildman–Crippen MR) is 307 cm³/mol. The average molecular weight is 992 g/mol. The first-order valence-corrected chi connectivity index (χ1v) is 30.4. The molecule has 0 aromatic carbocycles. The van der Waals surface area contributed by atoms with E-state index >= 15 is 0 Å². The number of rotatable bonds is 55. The van der Waals surface area contributed by atoms with Gasteiger partial charge in [0.15, 0.2) is 6.10 Å². The van der Waals surface area contributed by atoms with Gasteiger partial charge < -0.3 is 14.2 Å². The highest BCUT2D eigenvalue weighted by Crippen LogP contribution is 2.16. The van der Waals surface area contributed by atoms with Crippen molar-refractivity contribution in [3.63, 3.8) is 0 Å². The van der Waals surface area contributed by atoms with Crippen molar-refractivity contribution in [3.05, 3.63) is 72.9 Å². The van der Waals surface area contributed by atoms with Crippen LogP contribution in [-0.2, 0) is 28.6 Å².